The molecule has 15 heavy (non-hydrogen) atoms. The third-order valence-electron chi connectivity index (χ3n) is 1.76. The average Bonchev–Trinajstić information content (AvgIpc) is 2.27. The van der Waals surface area contributed by atoms with Gasteiger partial charge in [0.1, 0.15) is 13.2 Å². The smallest absolute Gasteiger partial charge is 0.152 e. The highest BCUT2D eigenvalue weighted by molar-refractivity contribution is 5.86. The fourth-order valence-electron chi connectivity index (χ4n) is 1.14. The van der Waals surface area contributed by atoms with Gasteiger partial charge in [-0.1, -0.05) is 40.6 Å². The van der Waals surface area contributed by atoms with Crippen LogP contribution in [0, 0.1) is 0 Å². The molecule has 0 saturated carbocycles. The SMILES string of the molecule is CON=C(N)C(N=[N+]=[N-])c1ccccc1. The van der Waals surface area contributed by atoms with Crippen LogP contribution < -0.4 is 5.73 Å². The van der Waals surface area contributed by atoms with Crippen LogP contribution in [0.5, 0.6) is 0 Å². The number of oxime groups is 1. The molecule has 0 radical (unpaired) electrons. The Morgan fingerprint density at radius 1 is 1.47 bits per heavy atom. The molecule has 0 spiro atoms. The minimum absolute atomic E-state index is 0.126. The quantitative estimate of drug-likeness (QED) is 0.203. The van der Waals surface area contributed by atoms with Crippen LogP contribution in [0.3, 0.4) is 0 Å². The molecule has 0 aliphatic rings. The van der Waals surface area contributed by atoms with Crippen LogP contribution in [0.15, 0.2) is 40.6 Å². The van der Waals surface area contributed by atoms with E-state index in [0.717, 1.165) is 5.56 Å². The largest absolute Gasteiger partial charge is 0.398 e. The van der Waals surface area contributed by atoms with E-state index in [9.17, 15) is 0 Å². The van der Waals surface area contributed by atoms with Gasteiger partial charge >= 0.3 is 0 Å². The van der Waals surface area contributed by atoms with Gasteiger partial charge in [-0.25, -0.2) is 0 Å². The molecule has 0 amide bonds. The minimum atomic E-state index is -0.629. The van der Waals surface area contributed by atoms with Crippen LogP contribution in [-0.2, 0) is 4.84 Å². The molecule has 0 aliphatic heterocycles. The molecule has 0 fully saturated rings. The van der Waals surface area contributed by atoms with E-state index in [1.165, 1.54) is 7.11 Å². The Kier molecular flexibility index (Phi) is 4.00. The molecule has 0 aliphatic carbocycles. The monoisotopic (exact) mass is 205 g/mol. The molecule has 0 saturated heterocycles. The molecule has 1 unspecified atom stereocenters. The number of hydrogen-bond acceptors (Lipinski definition) is 3. The second kappa shape index (κ2) is 5.51. The molecule has 0 aromatic heterocycles. The van der Waals surface area contributed by atoms with E-state index in [0.29, 0.717) is 0 Å². The molecule has 6 heteroatoms. The Bertz CT molecular complexity index is 383. The van der Waals surface area contributed by atoms with Crippen molar-refractivity contribution in [3.8, 4) is 0 Å². The highest BCUT2D eigenvalue weighted by Gasteiger charge is 2.13. The van der Waals surface area contributed by atoms with Crippen molar-refractivity contribution < 1.29 is 4.84 Å². The Labute approximate surface area is 87.0 Å². The molecule has 0 heterocycles. The lowest BCUT2D eigenvalue weighted by molar-refractivity contribution is 0.211. The van der Waals surface area contributed by atoms with E-state index < -0.39 is 6.04 Å². The van der Waals surface area contributed by atoms with Crippen molar-refractivity contribution in [2.24, 2.45) is 16.0 Å². The van der Waals surface area contributed by atoms with Crippen LogP contribution in [0.2, 0.25) is 0 Å². The van der Waals surface area contributed by atoms with Gasteiger partial charge in [0.25, 0.3) is 0 Å². The van der Waals surface area contributed by atoms with Crippen LogP contribution >= 0.6 is 0 Å². The van der Waals surface area contributed by atoms with Crippen molar-refractivity contribution >= 4 is 5.84 Å². The summed E-state index contributed by atoms with van der Waals surface area (Å²) in [6.45, 7) is 0. The summed E-state index contributed by atoms with van der Waals surface area (Å²) >= 11 is 0. The van der Waals surface area contributed by atoms with Crippen LogP contribution in [0.25, 0.3) is 10.4 Å². The molecular weight excluding hydrogens is 194 g/mol. The highest BCUT2D eigenvalue weighted by atomic mass is 16.6. The molecule has 2 N–H and O–H groups in total. The number of rotatable bonds is 4. The summed E-state index contributed by atoms with van der Waals surface area (Å²) < 4.78 is 0. The van der Waals surface area contributed by atoms with Gasteiger partial charge in [-0.05, 0) is 11.1 Å². The second-order valence-corrected chi connectivity index (χ2v) is 2.72. The first-order valence-electron chi connectivity index (χ1n) is 4.25. The summed E-state index contributed by atoms with van der Waals surface area (Å²) in [7, 11) is 1.38. The summed E-state index contributed by atoms with van der Waals surface area (Å²) in [6.07, 6.45) is 0. The van der Waals surface area contributed by atoms with Crippen LogP contribution in [0.1, 0.15) is 11.6 Å². The Balaban J connectivity index is 3.03. The van der Waals surface area contributed by atoms with Crippen molar-refractivity contribution in [2.75, 3.05) is 7.11 Å². The van der Waals surface area contributed by atoms with Gasteiger partial charge in [0.15, 0.2) is 5.84 Å². The van der Waals surface area contributed by atoms with Crippen molar-refractivity contribution in [3.63, 3.8) is 0 Å². The summed E-state index contributed by atoms with van der Waals surface area (Å²) in [5.74, 6) is 0.126. The van der Waals surface area contributed by atoms with E-state index in [1.54, 1.807) is 12.1 Å². The molecule has 1 atom stereocenters. The zero-order chi connectivity index (χ0) is 11.1. The summed E-state index contributed by atoms with van der Waals surface area (Å²) in [6, 6.07) is 8.50. The fraction of sp³-hybridized carbons (Fsp3) is 0.222. The molecule has 0 bridgehead atoms. The first kappa shape index (κ1) is 10.9. The van der Waals surface area contributed by atoms with Gasteiger partial charge in [-0.15, -0.1) is 0 Å². The van der Waals surface area contributed by atoms with E-state index in [1.807, 2.05) is 18.2 Å². The standard InChI is InChI=1S/C9H11N5O/c1-15-13-9(10)8(12-14-11)7-5-3-2-4-6-7/h2-6,8H,1H3,(H2,10,13). The van der Waals surface area contributed by atoms with E-state index in [2.05, 4.69) is 20.0 Å². The predicted molar refractivity (Wildman–Crippen MR) is 57.0 cm³/mol. The maximum absolute atomic E-state index is 8.42. The maximum Gasteiger partial charge on any atom is 0.152 e. The second-order valence-electron chi connectivity index (χ2n) is 2.72. The van der Waals surface area contributed by atoms with Crippen LogP contribution in [0.4, 0.5) is 0 Å². The third-order valence-corrected chi connectivity index (χ3v) is 1.76. The number of hydrogen-bond donors (Lipinski definition) is 1. The fourth-order valence-corrected chi connectivity index (χ4v) is 1.14. The number of amidine groups is 1. The van der Waals surface area contributed by atoms with Gasteiger partial charge in [0.2, 0.25) is 0 Å². The zero-order valence-electron chi connectivity index (χ0n) is 8.24. The molecule has 1 aromatic rings. The lowest BCUT2D eigenvalue weighted by Crippen LogP contribution is -2.20. The molecule has 1 rings (SSSR count). The first-order valence-corrected chi connectivity index (χ1v) is 4.25. The Morgan fingerprint density at radius 3 is 2.67 bits per heavy atom. The normalized spacial score (nSPS) is 12.7. The maximum atomic E-state index is 8.42. The van der Waals surface area contributed by atoms with Crippen molar-refractivity contribution in [3.05, 3.63) is 46.3 Å². The van der Waals surface area contributed by atoms with E-state index >= 15 is 0 Å². The Morgan fingerprint density at radius 2 is 2.13 bits per heavy atom. The van der Waals surface area contributed by atoms with Gasteiger partial charge in [0.05, 0.1) is 0 Å². The third kappa shape index (κ3) is 2.89. The molecule has 78 valence electrons. The molecule has 6 nitrogen and oxygen atoms in total. The lowest BCUT2D eigenvalue weighted by atomic mass is 10.1. The minimum Gasteiger partial charge on any atom is -0.398 e. The van der Waals surface area contributed by atoms with Gasteiger partial charge in [0, 0.05) is 4.91 Å². The first-order chi connectivity index (χ1) is 7.29. The van der Waals surface area contributed by atoms with Gasteiger partial charge in [-0.3, -0.25) is 0 Å². The predicted octanol–water partition coefficient (Wildman–Crippen LogP) is 1.96. The average molecular weight is 205 g/mol. The Hall–Kier alpha value is -2.20. The van der Waals surface area contributed by atoms with Crippen molar-refractivity contribution in [1.29, 1.82) is 0 Å². The summed E-state index contributed by atoms with van der Waals surface area (Å²) in [4.78, 5) is 7.26. The summed E-state index contributed by atoms with van der Waals surface area (Å²) in [5.41, 5.74) is 14.8. The van der Waals surface area contributed by atoms with Gasteiger partial charge in [-0.2, -0.15) is 0 Å². The van der Waals surface area contributed by atoms with E-state index in [4.69, 9.17) is 11.3 Å². The zero-order valence-corrected chi connectivity index (χ0v) is 8.24. The number of azide groups is 1. The van der Waals surface area contributed by atoms with Gasteiger partial charge < -0.3 is 10.6 Å². The highest BCUT2D eigenvalue weighted by Crippen LogP contribution is 2.17. The lowest BCUT2D eigenvalue weighted by Gasteiger charge is -2.09. The number of nitrogens with zero attached hydrogens (tertiary/aromatic N) is 4. The number of benzene rings is 1. The molecule has 1 aromatic carbocycles. The summed E-state index contributed by atoms with van der Waals surface area (Å²) in [5, 5.41) is 7.11. The molecular formula is C9H11N5O. The van der Waals surface area contributed by atoms with Crippen molar-refractivity contribution in [1.82, 2.24) is 0 Å². The topological polar surface area (TPSA) is 96.4 Å². The van der Waals surface area contributed by atoms with Crippen molar-refractivity contribution in [2.45, 2.75) is 6.04 Å². The van der Waals surface area contributed by atoms with Crippen LogP contribution in [-0.4, -0.2) is 12.9 Å². The number of nitrogens with two attached hydrogens (primary N) is 1. The van der Waals surface area contributed by atoms with E-state index in [-0.39, 0.29) is 5.84 Å².